The second-order valence-corrected chi connectivity index (χ2v) is 9.20. The molecule has 4 nitrogen and oxygen atoms in total. The fourth-order valence-electron chi connectivity index (χ4n) is 4.71. The lowest BCUT2D eigenvalue weighted by molar-refractivity contribution is -0.120. The summed E-state index contributed by atoms with van der Waals surface area (Å²) in [6.45, 7) is 7.18. The molecule has 2 aliphatic heterocycles. The molecule has 0 radical (unpaired) electrons. The molecule has 3 aromatic rings. The first-order valence-electron chi connectivity index (χ1n) is 11.1. The van der Waals surface area contributed by atoms with E-state index in [9.17, 15) is 9.59 Å². The Balaban J connectivity index is 1.66. The van der Waals surface area contributed by atoms with E-state index in [1.165, 1.54) is 16.0 Å². The number of aryl methyl sites for hydroxylation is 2. The van der Waals surface area contributed by atoms with Crippen LogP contribution in [-0.2, 0) is 22.6 Å². The second kappa shape index (κ2) is 8.20. The Hall–Kier alpha value is -3.37. The van der Waals surface area contributed by atoms with Crippen LogP contribution >= 0.6 is 11.6 Å². The molecule has 5 heteroatoms. The zero-order valence-electron chi connectivity index (χ0n) is 19.0. The van der Waals surface area contributed by atoms with E-state index >= 15 is 0 Å². The van der Waals surface area contributed by atoms with Crippen molar-refractivity contribution in [2.45, 2.75) is 33.7 Å². The summed E-state index contributed by atoms with van der Waals surface area (Å²) in [6, 6.07) is 19.6. The molecule has 0 N–H and O–H groups in total. The SMILES string of the molecule is Cc1ccc(C2=C(N3CCc4ccccc4C3)C(=O)N(c3cccc(Cl)c3C)C2=O)cc1C. The molecule has 3 aromatic carbocycles. The van der Waals surface area contributed by atoms with Crippen molar-refractivity contribution in [1.29, 1.82) is 0 Å². The number of carbonyl (C=O) groups excluding carboxylic acids is 2. The summed E-state index contributed by atoms with van der Waals surface area (Å²) in [5.41, 5.74) is 7.66. The zero-order valence-corrected chi connectivity index (χ0v) is 19.7. The van der Waals surface area contributed by atoms with Gasteiger partial charge in [-0.25, -0.2) is 4.90 Å². The van der Waals surface area contributed by atoms with Gasteiger partial charge >= 0.3 is 0 Å². The van der Waals surface area contributed by atoms with E-state index < -0.39 is 0 Å². The largest absolute Gasteiger partial charge is 0.362 e. The molecule has 5 rings (SSSR count). The minimum atomic E-state index is -0.303. The average Bonchev–Trinajstić information content (AvgIpc) is 3.07. The van der Waals surface area contributed by atoms with Gasteiger partial charge in [0.15, 0.2) is 0 Å². The lowest BCUT2D eigenvalue weighted by atomic mass is 9.96. The molecule has 0 saturated heterocycles. The quantitative estimate of drug-likeness (QED) is 0.481. The standard InChI is InChI=1S/C28H25ClN2O2/c1-17-11-12-21(15-18(17)2)25-26(30-14-13-20-7-4-5-8-22(20)16-30)28(33)31(27(25)32)24-10-6-9-23(29)19(24)3/h4-12,15H,13-14,16H2,1-3H3. The first kappa shape index (κ1) is 21.5. The molecular weight excluding hydrogens is 432 g/mol. The number of fused-ring (bicyclic) bond motifs is 1. The van der Waals surface area contributed by atoms with E-state index in [0.29, 0.717) is 40.6 Å². The van der Waals surface area contributed by atoms with Crippen molar-refractivity contribution in [1.82, 2.24) is 4.90 Å². The van der Waals surface area contributed by atoms with E-state index in [1.807, 2.05) is 51.1 Å². The Morgan fingerprint density at radius 3 is 2.33 bits per heavy atom. The maximum atomic E-state index is 13.9. The topological polar surface area (TPSA) is 40.6 Å². The van der Waals surface area contributed by atoms with Crippen molar-refractivity contribution >= 4 is 34.7 Å². The number of amides is 2. The van der Waals surface area contributed by atoms with Gasteiger partial charge in [0.1, 0.15) is 5.70 Å². The highest BCUT2D eigenvalue weighted by atomic mass is 35.5. The Morgan fingerprint density at radius 1 is 0.818 bits per heavy atom. The molecule has 2 heterocycles. The molecule has 2 amide bonds. The minimum absolute atomic E-state index is 0.294. The number of anilines is 1. The molecule has 33 heavy (non-hydrogen) atoms. The van der Waals surface area contributed by atoms with Gasteiger partial charge in [-0.15, -0.1) is 0 Å². The highest BCUT2D eigenvalue weighted by molar-refractivity contribution is 6.46. The van der Waals surface area contributed by atoms with Crippen molar-refractivity contribution in [3.05, 3.63) is 105 Å². The van der Waals surface area contributed by atoms with Gasteiger partial charge in [0, 0.05) is 18.1 Å². The van der Waals surface area contributed by atoms with Crippen LogP contribution in [0.2, 0.25) is 5.02 Å². The Morgan fingerprint density at radius 2 is 1.58 bits per heavy atom. The Labute approximate surface area is 199 Å². The zero-order chi connectivity index (χ0) is 23.3. The van der Waals surface area contributed by atoms with E-state index in [1.54, 1.807) is 18.2 Å². The number of carbonyl (C=O) groups is 2. The van der Waals surface area contributed by atoms with Crippen molar-refractivity contribution in [2.24, 2.45) is 0 Å². The number of nitrogens with zero attached hydrogens (tertiary/aromatic N) is 2. The first-order valence-corrected chi connectivity index (χ1v) is 11.5. The third-order valence-corrected chi connectivity index (χ3v) is 7.19. The molecule has 0 fully saturated rings. The monoisotopic (exact) mass is 456 g/mol. The van der Waals surface area contributed by atoms with Gasteiger partial charge in [0.25, 0.3) is 11.8 Å². The first-order chi connectivity index (χ1) is 15.9. The highest BCUT2D eigenvalue weighted by Gasteiger charge is 2.43. The van der Waals surface area contributed by atoms with Crippen LogP contribution in [-0.4, -0.2) is 23.3 Å². The molecular formula is C28H25ClN2O2. The van der Waals surface area contributed by atoms with Crippen LogP contribution in [0.25, 0.3) is 5.57 Å². The molecule has 0 aliphatic carbocycles. The smallest absolute Gasteiger partial charge is 0.282 e. The van der Waals surface area contributed by atoms with Crippen LogP contribution in [0.1, 0.15) is 33.4 Å². The van der Waals surface area contributed by atoms with Crippen LogP contribution in [0.5, 0.6) is 0 Å². The summed E-state index contributed by atoms with van der Waals surface area (Å²) in [5.74, 6) is -0.597. The summed E-state index contributed by atoms with van der Waals surface area (Å²) in [6.07, 6.45) is 0.831. The van der Waals surface area contributed by atoms with Crippen molar-refractivity contribution in [3.63, 3.8) is 0 Å². The predicted molar refractivity (Wildman–Crippen MR) is 132 cm³/mol. The van der Waals surface area contributed by atoms with Crippen molar-refractivity contribution in [2.75, 3.05) is 11.4 Å². The van der Waals surface area contributed by atoms with Gasteiger partial charge in [-0.3, -0.25) is 9.59 Å². The van der Waals surface area contributed by atoms with Gasteiger partial charge in [0.05, 0.1) is 11.3 Å². The van der Waals surface area contributed by atoms with Gasteiger partial charge < -0.3 is 4.90 Å². The molecule has 0 spiro atoms. The van der Waals surface area contributed by atoms with Gasteiger partial charge in [0.2, 0.25) is 0 Å². The maximum absolute atomic E-state index is 13.9. The van der Waals surface area contributed by atoms with Crippen molar-refractivity contribution in [3.8, 4) is 0 Å². The van der Waals surface area contributed by atoms with E-state index in [2.05, 4.69) is 17.0 Å². The average molecular weight is 457 g/mol. The third-order valence-electron chi connectivity index (χ3n) is 6.78. The predicted octanol–water partition coefficient (Wildman–Crippen LogP) is 5.61. The summed E-state index contributed by atoms with van der Waals surface area (Å²) in [4.78, 5) is 31.1. The Kier molecular flexibility index (Phi) is 5.34. The van der Waals surface area contributed by atoms with E-state index in [0.717, 1.165) is 23.1 Å². The number of halogens is 1. The summed E-state index contributed by atoms with van der Waals surface area (Å²) < 4.78 is 0. The van der Waals surface area contributed by atoms with Crippen LogP contribution in [0.4, 0.5) is 5.69 Å². The normalized spacial score (nSPS) is 16.0. The highest BCUT2D eigenvalue weighted by Crippen LogP contribution is 2.39. The van der Waals surface area contributed by atoms with Gasteiger partial charge in [-0.05, 0) is 72.7 Å². The second-order valence-electron chi connectivity index (χ2n) is 8.79. The molecule has 0 unspecified atom stereocenters. The number of rotatable bonds is 3. The molecule has 0 bridgehead atoms. The Bertz CT molecular complexity index is 1340. The minimum Gasteiger partial charge on any atom is -0.362 e. The maximum Gasteiger partial charge on any atom is 0.282 e. The summed E-state index contributed by atoms with van der Waals surface area (Å²) in [7, 11) is 0. The fraction of sp³-hybridized carbons (Fsp3) is 0.214. The summed E-state index contributed by atoms with van der Waals surface area (Å²) in [5, 5.41) is 0.529. The number of hydrogen-bond acceptors (Lipinski definition) is 3. The number of benzene rings is 3. The molecule has 0 atom stereocenters. The summed E-state index contributed by atoms with van der Waals surface area (Å²) >= 11 is 6.35. The lowest BCUT2D eigenvalue weighted by Crippen LogP contribution is -2.37. The number of hydrogen-bond donors (Lipinski definition) is 0. The van der Waals surface area contributed by atoms with E-state index in [4.69, 9.17) is 11.6 Å². The van der Waals surface area contributed by atoms with Gasteiger partial charge in [-0.1, -0.05) is 60.1 Å². The molecule has 0 saturated carbocycles. The van der Waals surface area contributed by atoms with Crippen LogP contribution in [0.3, 0.4) is 0 Å². The van der Waals surface area contributed by atoms with Crippen LogP contribution < -0.4 is 4.90 Å². The van der Waals surface area contributed by atoms with Crippen molar-refractivity contribution < 1.29 is 9.59 Å². The van der Waals surface area contributed by atoms with Crippen LogP contribution in [0, 0.1) is 20.8 Å². The third kappa shape index (κ3) is 3.55. The van der Waals surface area contributed by atoms with Crippen LogP contribution in [0.15, 0.2) is 66.4 Å². The lowest BCUT2D eigenvalue weighted by Gasteiger charge is -2.31. The van der Waals surface area contributed by atoms with Gasteiger partial charge in [-0.2, -0.15) is 0 Å². The van der Waals surface area contributed by atoms with E-state index in [-0.39, 0.29) is 11.8 Å². The molecule has 2 aliphatic rings. The molecule has 0 aromatic heterocycles. The molecule has 166 valence electrons. The number of imide groups is 1. The fourth-order valence-corrected chi connectivity index (χ4v) is 4.88.